The Kier molecular flexibility index (Phi) is 38.9. The molecule has 0 saturated carbocycles. The summed E-state index contributed by atoms with van der Waals surface area (Å²) in [4.78, 5) is 34.8. The minimum atomic E-state index is -4.44. The van der Waals surface area contributed by atoms with E-state index in [1.165, 1.54) is 19.3 Å². The van der Waals surface area contributed by atoms with Crippen LogP contribution in [0.15, 0.2) is 122 Å². The smallest absolute Gasteiger partial charge is 0.462 e. The summed E-state index contributed by atoms with van der Waals surface area (Å²) < 4.78 is 32.5. The number of hydrogen-bond donors (Lipinski definition) is 3. The van der Waals surface area contributed by atoms with Crippen LogP contribution in [0.3, 0.4) is 0 Å². The fraction of sp³-hybridized carbons (Fsp3) is 0.532. The standard InChI is InChI=1S/C47H74NO9P/c1-3-5-7-9-11-13-14-15-16-17-18-19-20-21-22-24-26-30-34-38-46(50)54-42-45(43-56-58(52,53)55-41-40-48)57-47(51)39-35-31-27-29-33-37-44(49)36-32-28-25-23-12-10-8-6-4-2/h5,7,11-13,15-16,18-19,21-23,26-30,32-33,37,44-45,49H,3-4,6,8-10,14,17,20,24-25,31,34-36,38-43,48H2,1-2H3,(H,52,53)/b7-5-,13-11-,16-15-,19-18-,22-21-,23-12-,29-27+,30-26-,32-28-,37-33-/t44?,45-/m1/s1. The molecule has 326 valence electrons. The molecule has 11 heteroatoms. The van der Waals surface area contributed by atoms with Gasteiger partial charge in [-0.15, -0.1) is 0 Å². The number of esters is 2. The molecule has 0 aliphatic rings. The number of phosphoric ester groups is 1. The average molecular weight is 828 g/mol. The van der Waals surface area contributed by atoms with Crippen LogP contribution < -0.4 is 5.73 Å². The number of hydrogen-bond acceptors (Lipinski definition) is 9. The number of carbonyl (C=O) groups excluding carboxylic acids is 2. The SMILES string of the molecule is CC/C=C\C/C=C\C/C=C\C/C=C\C/C=C\C/C=C\CCC(=O)OC[C@H](COP(=O)(O)OCCN)OC(=O)CCC/C=C/C=C\C(O)C/C=C\C/C=C\CCCCC. The summed E-state index contributed by atoms with van der Waals surface area (Å²) in [7, 11) is -4.44. The number of allylic oxidation sites excluding steroid dienone is 18. The van der Waals surface area contributed by atoms with Gasteiger partial charge in [0.1, 0.15) is 6.61 Å². The molecule has 0 aliphatic carbocycles. The van der Waals surface area contributed by atoms with E-state index in [4.69, 9.17) is 24.3 Å². The largest absolute Gasteiger partial charge is 0.472 e. The van der Waals surface area contributed by atoms with Crippen LogP contribution in [0, 0.1) is 0 Å². The van der Waals surface area contributed by atoms with Crippen molar-refractivity contribution in [3.63, 3.8) is 0 Å². The zero-order valence-corrected chi connectivity index (χ0v) is 36.2. The molecule has 10 nitrogen and oxygen atoms in total. The van der Waals surface area contributed by atoms with Crippen molar-refractivity contribution in [2.24, 2.45) is 5.73 Å². The Morgan fingerprint density at radius 1 is 0.621 bits per heavy atom. The van der Waals surface area contributed by atoms with Crippen LogP contribution in [0.1, 0.15) is 123 Å². The number of phosphoric acid groups is 1. The monoisotopic (exact) mass is 828 g/mol. The molecule has 0 saturated heterocycles. The molecular formula is C47H74NO9P. The summed E-state index contributed by atoms with van der Waals surface area (Å²) in [5.74, 6) is -1.07. The number of nitrogens with two attached hydrogens (primary N) is 1. The Morgan fingerprint density at radius 3 is 1.76 bits per heavy atom. The second kappa shape index (κ2) is 41.5. The van der Waals surface area contributed by atoms with Crippen LogP contribution in [0.5, 0.6) is 0 Å². The van der Waals surface area contributed by atoms with E-state index in [9.17, 15) is 24.2 Å². The third kappa shape index (κ3) is 40.6. The van der Waals surface area contributed by atoms with Gasteiger partial charge in [-0.2, -0.15) is 0 Å². The van der Waals surface area contributed by atoms with Crippen molar-refractivity contribution >= 4 is 19.8 Å². The minimum Gasteiger partial charge on any atom is -0.462 e. The molecule has 0 fully saturated rings. The molecule has 0 aliphatic heterocycles. The summed E-state index contributed by atoms with van der Waals surface area (Å²) in [6.45, 7) is 3.29. The molecule has 0 amide bonds. The summed E-state index contributed by atoms with van der Waals surface area (Å²) in [5.41, 5.74) is 5.33. The van der Waals surface area contributed by atoms with Crippen LogP contribution in [0.2, 0.25) is 0 Å². The summed E-state index contributed by atoms with van der Waals surface area (Å²) in [5, 5.41) is 10.1. The summed E-state index contributed by atoms with van der Waals surface area (Å²) in [6, 6.07) is 0. The van der Waals surface area contributed by atoms with Gasteiger partial charge < -0.3 is 25.2 Å². The number of unbranched alkanes of at least 4 members (excludes halogenated alkanes) is 4. The topological polar surface area (TPSA) is 155 Å². The van der Waals surface area contributed by atoms with E-state index in [1.54, 1.807) is 12.2 Å². The maximum absolute atomic E-state index is 12.6. The first kappa shape index (κ1) is 54.4. The molecule has 0 spiro atoms. The molecule has 0 rings (SSSR count). The van der Waals surface area contributed by atoms with E-state index in [0.717, 1.165) is 51.4 Å². The highest BCUT2D eigenvalue weighted by Gasteiger charge is 2.25. The molecule has 0 aromatic rings. The molecule has 3 atom stereocenters. The third-order valence-corrected chi connectivity index (χ3v) is 8.91. The van der Waals surface area contributed by atoms with Crippen LogP contribution in [0.25, 0.3) is 0 Å². The van der Waals surface area contributed by atoms with Gasteiger partial charge in [0.05, 0.1) is 19.3 Å². The van der Waals surface area contributed by atoms with Crippen LogP contribution in [-0.4, -0.2) is 60.5 Å². The van der Waals surface area contributed by atoms with Crippen molar-refractivity contribution in [1.29, 1.82) is 0 Å². The molecule has 4 N–H and O–H groups in total. The molecule has 2 unspecified atom stereocenters. The number of ether oxygens (including phenoxy) is 2. The molecular weight excluding hydrogens is 753 g/mol. The lowest BCUT2D eigenvalue weighted by molar-refractivity contribution is -0.161. The van der Waals surface area contributed by atoms with Gasteiger partial charge in [0.2, 0.25) is 0 Å². The normalized spacial score (nSPS) is 15.1. The highest BCUT2D eigenvalue weighted by Crippen LogP contribution is 2.43. The van der Waals surface area contributed by atoms with Crippen molar-refractivity contribution < 1.29 is 42.7 Å². The van der Waals surface area contributed by atoms with E-state index in [1.807, 2.05) is 30.4 Å². The van der Waals surface area contributed by atoms with Crippen molar-refractivity contribution in [1.82, 2.24) is 0 Å². The Hall–Kier alpha value is -3.63. The molecule has 0 radical (unpaired) electrons. The average Bonchev–Trinajstić information content (AvgIpc) is 3.21. The first-order valence-corrected chi connectivity index (χ1v) is 22.6. The molecule has 0 bridgehead atoms. The van der Waals surface area contributed by atoms with Crippen molar-refractivity contribution in [2.75, 3.05) is 26.4 Å². The zero-order chi connectivity index (χ0) is 42.6. The summed E-state index contributed by atoms with van der Waals surface area (Å²) >= 11 is 0. The first-order chi connectivity index (χ1) is 28.2. The van der Waals surface area contributed by atoms with Crippen molar-refractivity contribution in [2.45, 2.75) is 135 Å². The predicted octanol–water partition coefficient (Wildman–Crippen LogP) is 11.1. The van der Waals surface area contributed by atoms with Crippen LogP contribution in [-0.2, 0) is 32.7 Å². The van der Waals surface area contributed by atoms with Gasteiger partial charge in [-0.05, 0) is 83.5 Å². The van der Waals surface area contributed by atoms with Gasteiger partial charge in [-0.3, -0.25) is 18.6 Å². The molecule has 58 heavy (non-hydrogen) atoms. The zero-order valence-electron chi connectivity index (χ0n) is 35.3. The van der Waals surface area contributed by atoms with E-state index in [2.05, 4.69) is 92.8 Å². The van der Waals surface area contributed by atoms with E-state index >= 15 is 0 Å². The van der Waals surface area contributed by atoms with Crippen LogP contribution >= 0.6 is 7.82 Å². The number of carbonyl (C=O) groups is 2. The maximum Gasteiger partial charge on any atom is 0.472 e. The Balaban J connectivity index is 4.50. The minimum absolute atomic E-state index is 0.0141. The Labute approximate surface area is 350 Å². The van der Waals surface area contributed by atoms with Gasteiger partial charge in [0, 0.05) is 19.4 Å². The lowest BCUT2D eigenvalue weighted by Gasteiger charge is -2.19. The number of aliphatic hydroxyl groups excluding tert-OH is 1. The fourth-order valence-electron chi connectivity index (χ4n) is 4.79. The second-order valence-corrected chi connectivity index (χ2v) is 14.8. The Bertz CT molecular complexity index is 1370. The fourth-order valence-corrected chi connectivity index (χ4v) is 5.55. The summed E-state index contributed by atoms with van der Waals surface area (Å²) in [6.07, 6.45) is 52.7. The molecule has 0 heterocycles. The van der Waals surface area contributed by atoms with Gasteiger partial charge in [0.15, 0.2) is 6.10 Å². The Morgan fingerprint density at radius 2 is 1.17 bits per heavy atom. The van der Waals surface area contributed by atoms with Crippen LogP contribution in [0.4, 0.5) is 0 Å². The van der Waals surface area contributed by atoms with Gasteiger partial charge >= 0.3 is 19.8 Å². The third-order valence-electron chi connectivity index (χ3n) is 7.93. The lowest BCUT2D eigenvalue weighted by Crippen LogP contribution is -2.29. The van der Waals surface area contributed by atoms with Crippen molar-refractivity contribution in [3.8, 4) is 0 Å². The highest BCUT2D eigenvalue weighted by molar-refractivity contribution is 7.47. The van der Waals surface area contributed by atoms with E-state index in [0.29, 0.717) is 25.7 Å². The van der Waals surface area contributed by atoms with Crippen molar-refractivity contribution in [3.05, 3.63) is 122 Å². The maximum atomic E-state index is 12.6. The lowest BCUT2D eigenvalue weighted by atomic mass is 10.2. The van der Waals surface area contributed by atoms with E-state index in [-0.39, 0.29) is 32.6 Å². The second-order valence-electron chi connectivity index (χ2n) is 13.3. The van der Waals surface area contributed by atoms with Gasteiger partial charge in [0.25, 0.3) is 0 Å². The molecule has 0 aromatic carbocycles. The predicted molar refractivity (Wildman–Crippen MR) is 239 cm³/mol. The van der Waals surface area contributed by atoms with Gasteiger partial charge in [-0.25, -0.2) is 4.57 Å². The first-order valence-electron chi connectivity index (χ1n) is 21.1. The van der Waals surface area contributed by atoms with E-state index < -0.39 is 38.6 Å². The molecule has 0 aromatic heterocycles. The number of rotatable bonds is 37. The quantitative estimate of drug-likeness (QED) is 0.0181. The van der Waals surface area contributed by atoms with Gasteiger partial charge in [-0.1, -0.05) is 148 Å². The number of aliphatic hydroxyl groups is 1. The highest BCUT2D eigenvalue weighted by atomic mass is 31.2.